The summed E-state index contributed by atoms with van der Waals surface area (Å²) in [4.78, 5) is 2.55. The fourth-order valence-electron chi connectivity index (χ4n) is 2.73. The first-order chi connectivity index (χ1) is 8.83. The number of rotatable bonds is 5. The summed E-state index contributed by atoms with van der Waals surface area (Å²) in [5, 5.41) is 3.37. The molecule has 1 aromatic carbocycles. The van der Waals surface area contributed by atoms with Gasteiger partial charge in [0, 0.05) is 25.3 Å². The van der Waals surface area contributed by atoms with Crippen LogP contribution in [0.5, 0.6) is 0 Å². The van der Waals surface area contributed by atoms with E-state index in [2.05, 4.69) is 48.3 Å². The van der Waals surface area contributed by atoms with Crippen LogP contribution in [0.2, 0.25) is 0 Å². The molecule has 1 atom stereocenters. The van der Waals surface area contributed by atoms with Crippen LogP contribution in [0.25, 0.3) is 0 Å². The molecule has 0 bridgehead atoms. The zero-order chi connectivity index (χ0) is 12.8. The van der Waals surface area contributed by atoms with Gasteiger partial charge >= 0.3 is 0 Å². The van der Waals surface area contributed by atoms with Gasteiger partial charge < -0.3 is 10.2 Å². The highest BCUT2D eigenvalue weighted by Crippen LogP contribution is 2.24. The molecule has 0 saturated carbocycles. The van der Waals surface area contributed by atoms with Crippen molar-refractivity contribution in [1.29, 1.82) is 0 Å². The van der Waals surface area contributed by atoms with E-state index in [1.54, 1.807) is 0 Å². The Balaban J connectivity index is 1.96. The van der Waals surface area contributed by atoms with Gasteiger partial charge in [0.2, 0.25) is 0 Å². The minimum atomic E-state index is 0.889. The number of hydrogen-bond acceptors (Lipinski definition) is 2. The Kier molecular flexibility index (Phi) is 5.06. The van der Waals surface area contributed by atoms with E-state index in [1.807, 2.05) is 0 Å². The van der Waals surface area contributed by atoms with Crippen LogP contribution in [-0.2, 0) is 6.54 Å². The predicted octanol–water partition coefficient (Wildman–Crippen LogP) is 3.42. The van der Waals surface area contributed by atoms with Crippen LogP contribution in [0.1, 0.15) is 38.7 Å². The van der Waals surface area contributed by atoms with Gasteiger partial charge in [0.25, 0.3) is 0 Å². The van der Waals surface area contributed by atoms with Gasteiger partial charge in [0.15, 0.2) is 0 Å². The third-order valence-electron chi connectivity index (χ3n) is 3.98. The van der Waals surface area contributed by atoms with Crippen LogP contribution in [0.3, 0.4) is 0 Å². The summed E-state index contributed by atoms with van der Waals surface area (Å²) in [6.45, 7) is 8.94. The molecule has 18 heavy (non-hydrogen) atoms. The van der Waals surface area contributed by atoms with Crippen LogP contribution in [-0.4, -0.2) is 19.6 Å². The molecular weight excluding hydrogens is 220 g/mol. The van der Waals surface area contributed by atoms with E-state index in [0.717, 1.165) is 19.0 Å². The molecule has 1 aliphatic rings. The highest BCUT2D eigenvalue weighted by Gasteiger charge is 2.18. The Bertz CT molecular complexity index is 345. The van der Waals surface area contributed by atoms with Gasteiger partial charge in [0.1, 0.15) is 0 Å². The zero-order valence-corrected chi connectivity index (χ0v) is 11.8. The molecule has 1 fully saturated rings. The lowest BCUT2D eigenvalue weighted by molar-refractivity contribution is 0.405. The lowest BCUT2D eigenvalue weighted by Gasteiger charge is -2.34. The van der Waals surface area contributed by atoms with E-state index in [4.69, 9.17) is 0 Å². The van der Waals surface area contributed by atoms with E-state index in [9.17, 15) is 0 Å². The molecule has 2 nitrogen and oxygen atoms in total. The van der Waals surface area contributed by atoms with Gasteiger partial charge in [-0.1, -0.05) is 32.4 Å². The molecule has 0 radical (unpaired) electrons. The van der Waals surface area contributed by atoms with Crippen LogP contribution >= 0.6 is 0 Å². The van der Waals surface area contributed by atoms with Crippen molar-refractivity contribution in [3.8, 4) is 0 Å². The Morgan fingerprint density at radius 3 is 2.67 bits per heavy atom. The van der Waals surface area contributed by atoms with Crippen LogP contribution in [0.4, 0.5) is 5.69 Å². The van der Waals surface area contributed by atoms with Gasteiger partial charge in [-0.25, -0.2) is 0 Å². The van der Waals surface area contributed by atoms with Crippen molar-refractivity contribution in [2.45, 2.75) is 39.7 Å². The maximum Gasteiger partial charge on any atom is 0.0366 e. The van der Waals surface area contributed by atoms with Gasteiger partial charge in [-0.3, -0.25) is 0 Å². The maximum atomic E-state index is 3.37. The molecular formula is C16H26N2. The van der Waals surface area contributed by atoms with Gasteiger partial charge in [-0.05, 0) is 43.0 Å². The second kappa shape index (κ2) is 6.79. The summed E-state index contributed by atoms with van der Waals surface area (Å²) in [5.74, 6) is 0.889. The fourth-order valence-corrected chi connectivity index (χ4v) is 2.73. The summed E-state index contributed by atoms with van der Waals surface area (Å²) in [6, 6.07) is 9.08. The number of benzene rings is 1. The first-order valence-electron chi connectivity index (χ1n) is 7.38. The normalized spacial score (nSPS) is 20.1. The molecule has 1 aromatic rings. The van der Waals surface area contributed by atoms with E-state index in [1.165, 1.54) is 43.6 Å². The summed E-state index contributed by atoms with van der Waals surface area (Å²) >= 11 is 0. The maximum absolute atomic E-state index is 3.37. The molecule has 0 aliphatic carbocycles. The van der Waals surface area contributed by atoms with Crippen LogP contribution < -0.4 is 10.2 Å². The largest absolute Gasteiger partial charge is 0.371 e. The molecule has 1 N–H and O–H groups in total. The number of nitrogens with one attached hydrogen (secondary N) is 1. The molecule has 0 amide bonds. The highest BCUT2D eigenvalue weighted by molar-refractivity contribution is 5.48. The van der Waals surface area contributed by atoms with Crippen molar-refractivity contribution in [3.05, 3.63) is 29.8 Å². The fraction of sp³-hybridized carbons (Fsp3) is 0.625. The predicted molar refractivity (Wildman–Crippen MR) is 79.1 cm³/mol. The van der Waals surface area contributed by atoms with Crippen molar-refractivity contribution in [3.63, 3.8) is 0 Å². The number of nitrogens with zero attached hydrogens (tertiary/aromatic N) is 1. The van der Waals surface area contributed by atoms with Gasteiger partial charge in [0.05, 0.1) is 0 Å². The monoisotopic (exact) mass is 246 g/mol. The molecule has 1 heterocycles. The lowest BCUT2D eigenvalue weighted by Crippen LogP contribution is -2.35. The van der Waals surface area contributed by atoms with Gasteiger partial charge in [-0.2, -0.15) is 0 Å². The van der Waals surface area contributed by atoms with E-state index >= 15 is 0 Å². The summed E-state index contributed by atoms with van der Waals surface area (Å²) in [7, 11) is 0. The lowest BCUT2D eigenvalue weighted by atomic mass is 9.95. The standard InChI is InChI=1S/C16H26N2/c1-3-14-6-5-11-18(13-14)16-9-7-15(8-10-16)12-17-4-2/h7-10,14,17H,3-6,11-13H2,1-2H3. The number of piperidine rings is 1. The first kappa shape index (κ1) is 13.4. The molecule has 2 rings (SSSR count). The molecule has 2 heteroatoms. The topological polar surface area (TPSA) is 15.3 Å². The number of anilines is 1. The summed E-state index contributed by atoms with van der Waals surface area (Å²) in [6.07, 6.45) is 4.07. The Morgan fingerprint density at radius 2 is 2.00 bits per heavy atom. The van der Waals surface area contributed by atoms with Crippen molar-refractivity contribution < 1.29 is 0 Å². The quantitative estimate of drug-likeness (QED) is 0.856. The SMILES string of the molecule is CCNCc1ccc(N2CCCC(CC)C2)cc1. The van der Waals surface area contributed by atoms with E-state index < -0.39 is 0 Å². The number of hydrogen-bond donors (Lipinski definition) is 1. The van der Waals surface area contributed by atoms with Crippen molar-refractivity contribution in [2.24, 2.45) is 5.92 Å². The third kappa shape index (κ3) is 3.49. The Hall–Kier alpha value is -1.02. The first-order valence-corrected chi connectivity index (χ1v) is 7.38. The van der Waals surface area contributed by atoms with E-state index in [0.29, 0.717) is 0 Å². The molecule has 100 valence electrons. The summed E-state index contributed by atoms with van der Waals surface area (Å²) in [5.41, 5.74) is 2.78. The second-order valence-electron chi connectivity index (χ2n) is 5.31. The smallest absolute Gasteiger partial charge is 0.0366 e. The molecule has 1 saturated heterocycles. The molecule has 1 aliphatic heterocycles. The highest BCUT2D eigenvalue weighted by atomic mass is 15.1. The van der Waals surface area contributed by atoms with E-state index in [-0.39, 0.29) is 0 Å². The third-order valence-corrected chi connectivity index (χ3v) is 3.98. The molecule has 0 aromatic heterocycles. The average Bonchev–Trinajstić information content (AvgIpc) is 2.46. The van der Waals surface area contributed by atoms with Crippen LogP contribution in [0.15, 0.2) is 24.3 Å². The van der Waals surface area contributed by atoms with Gasteiger partial charge in [-0.15, -0.1) is 0 Å². The Morgan fingerprint density at radius 1 is 1.22 bits per heavy atom. The van der Waals surface area contributed by atoms with Crippen molar-refractivity contribution >= 4 is 5.69 Å². The Labute approximate surface area is 111 Å². The van der Waals surface area contributed by atoms with Crippen molar-refractivity contribution in [2.75, 3.05) is 24.5 Å². The summed E-state index contributed by atoms with van der Waals surface area (Å²) < 4.78 is 0. The van der Waals surface area contributed by atoms with Crippen molar-refractivity contribution in [1.82, 2.24) is 5.32 Å². The minimum Gasteiger partial charge on any atom is -0.371 e. The molecule has 1 unspecified atom stereocenters. The average molecular weight is 246 g/mol. The molecule has 0 spiro atoms. The zero-order valence-electron chi connectivity index (χ0n) is 11.8. The van der Waals surface area contributed by atoms with Crippen LogP contribution in [0, 0.1) is 5.92 Å². The second-order valence-corrected chi connectivity index (χ2v) is 5.31. The minimum absolute atomic E-state index is 0.889.